The fourth-order valence-electron chi connectivity index (χ4n) is 3.39. The van der Waals surface area contributed by atoms with E-state index in [4.69, 9.17) is 15.5 Å². The van der Waals surface area contributed by atoms with Crippen LogP contribution in [0.5, 0.6) is 0 Å². The summed E-state index contributed by atoms with van der Waals surface area (Å²) < 4.78 is 5.39. The van der Waals surface area contributed by atoms with Gasteiger partial charge in [-0.2, -0.15) is 0 Å². The Morgan fingerprint density at radius 2 is 2.08 bits per heavy atom. The number of morpholine rings is 1. The summed E-state index contributed by atoms with van der Waals surface area (Å²) in [7, 11) is 0. The molecule has 0 radical (unpaired) electrons. The van der Waals surface area contributed by atoms with Gasteiger partial charge in [0, 0.05) is 25.2 Å². The van der Waals surface area contributed by atoms with E-state index in [1.165, 1.54) is 0 Å². The lowest BCUT2D eigenvalue weighted by atomic mass is 10.0. The van der Waals surface area contributed by atoms with Crippen LogP contribution in [-0.2, 0) is 15.2 Å². The highest BCUT2D eigenvalue weighted by atomic mass is 16.5. The Hall–Kier alpha value is -2.87. The number of guanidine groups is 2. The summed E-state index contributed by atoms with van der Waals surface area (Å²) in [6, 6.07) is 7.53. The summed E-state index contributed by atoms with van der Waals surface area (Å²) in [6.07, 6.45) is 1.69. The number of aliphatic imine (C=N–C) groups is 2. The molecule has 1 spiro atoms. The first-order chi connectivity index (χ1) is 12.2. The summed E-state index contributed by atoms with van der Waals surface area (Å²) in [5.41, 5.74) is 6.18. The number of nitrogens with one attached hydrogen (secondary N) is 1. The Labute approximate surface area is 145 Å². The van der Waals surface area contributed by atoms with Gasteiger partial charge in [-0.15, -0.1) is 6.58 Å². The van der Waals surface area contributed by atoms with E-state index in [9.17, 15) is 4.79 Å². The lowest BCUT2D eigenvalue weighted by Crippen LogP contribution is -2.56. The van der Waals surface area contributed by atoms with Crippen molar-refractivity contribution in [2.45, 2.75) is 5.66 Å². The number of anilines is 1. The van der Waals surface area contributed by atoms with Gasteiger partial charge >= 0.3 is 0 Å². The molecular weight excluding hydrogens is 320 g/mol. The molecule has 0 bridgehead atoms. The molecule has 130 valence electrons. The molecule has 3 heterocycles. The first kappa shape index (κ1) is 15.6. The monoisotopic (exact) mass is 340 g/mol. The maximum absolute atomic E-state index is 13.2. The van der Waals surface area contributed by atoms with Crippen LogP contribution >= 0.6 is 0 Å². The predicted octanol–water partition coefficient (Wildman–Crippen LogP) is -0.0219. The minimum atomic E-state index is -1.37. The number of carbonyl (C=O) groups excluding carboxylic acids is 1. The molecule has 1 aromatic rings. The second kappa shape index (κ2) is 5.89. The third-order valence-corrected chi connectivity index (χ3v) is 4.53. The topological polar surface area (TPSA) is 95.5 Å². The fourth-order valence-corrected chi connectivity index (χ4v) is 3.39. The molecule has 1 aromatic carbocycles. The maximum atomic E-state index is 13.2. The number of fused-ring (bicyclic) bond motifs is 2. The molecule has 1 fully saturated rings. The van der Waals surface area contributed by atoms with Gasteiger partial charge in [0.25, 0.3) is 11.6 Å². The zero-order valence-corrected chi connectivity index (χ0v) is 13.8. The molecule has 3 aliphatic heterocycles. The first-order valence-corrected chi connectivity index (χ1v) is 8.23. The smallest absolute Gasteiger partial charge is 0.282 e. The molecular formula is C17H20N6O2. The van der Waals surface area contributed by atoms with Crippen LogP contribution in [0.1, 0.15) is 5.56 Å². The zero-order valence-electron chi connectivity index (χ0n) is 13.8. The van der Waals surface area contributed by atoms with Crippen LogP contribution in [0.3, 0.4) is 0 Å². The van der Waals surface area contributed by atoms with Crippen molar-refractivity contribution in [3.63, 3.8) is 0 Å². The molecule has 4 rings (SSSR count). The van der Waals surface area contributed by atoms with Crippen molar-refractivity contribution in [3.8, 4) is 0 Å². The van der Waals surface area contributed by atoms with Gasteiger partial charge in [0.15, 0.2) is 5.96 Å². The molecule has 3 aliphatic rings. The highest BCUT2D eigenvalue weighted by Gasteiger charge is 2.53. The van der Waals surface area contributed by atoms with E-state index in [0.717, 1.165) is 11.3 Å². The van der Waals surface area contributed by atoms with Gasteiger partial charge in [0.05, 0.1) is 18.9 Å². The van der Waals surface area contributed by atoms with Gasteiger partial charge in [0.2, 0.25) is 5.96 Å². The number of para-hydroxylation sites is 1. The van der Waals surface area contributed by atoms with Gasteiger partial charge in [-0.05, 0) is 6.07 Å². The highest BCUT2D eigenvalue weighted by Crippen LogP contribution is 2.44. The summed E-state index contributed by atoms with van der Waals surface area (Å²) in [5.74, 6) is 0.517. The summed E-state index contributed by atoms with van der Waals surface area (Å²) in [6.45, 7) is 6.72. The van der Waals surface area contributed by atoms with Crippen LogP contribution in [0.2, 0.25) is 0 Å². The predicted molar refractivity (Wildman–Crippen MR) is 95.3 cm³/mol. The number of rotatable bonds is 2. The van der Waals surface area contributed by atoms with Gasteiger partial charge in [0.1, 0.15) is 0 Å². The Kier molecular flexibility index (Phi) is 3.69. The highest BCUT2D eigenvalue weighted by molar-refractivity contribution is 6.12. The lowest BCUT2D eigenvalue weighted by molar-refractivity contribution is -0.122. The van der Waals surface area contributed by atoms with Gasteiger partial charge < -0.3 is 20.3 Å². The van der Waals surface area contributed by atoms with Crippen LogP contribution in [0, 0.1) is 0 Å². The molecule has 25 heavy (non-hydrogen) atoms. The second-order valence-electron chi connectivity index (χ2n) is 6.05. The van der Waals surface area contributed by atoms with Crippen molar-refractivity contribution in [2.24, 2.45) is 15.7 Å². The first-order valence-electron chi connectivity index (χ1n) is 8.23. The van der Waals surface area contributed by atoms with E-state index < -0.39 is 5.66 Å². The fraction of sp³-hybridized carbons (Fsp3) is 0.353. The number of benzene rings is 1. The summed E-state index contributed by atoms with van der Waals surface area (Å²) in [5, 5.41) is 2.99. The number of carbonyl (C=O) groups is 1. The van der Waals surface area contributed by atoms with Crippen molar-refractivity contribution < 1.29 is 9.53 Å². The summed E-state index contributed by atoms with van der Waals surface area (Å²) in [4.78, 5) is 26.1. The van der Waals surface area contributed by atoms with Crippen LogP contribution in [-0.4, -0.2) is 55.6 Å². The van der Waals surface area contributed by atoms with Crippen molar-refractivity contribution >= 4 is 23.5 Å². The number of amides is 1. The molecule has 0 aliphatic carbocycles. The van der Waals surface area contributed by atoms with E-state index in [0.29, 0.717) is 38.8 Å². The number of hydrogen-bond donors (Lipinski definition) is 2. The average molecular weight is 340 g/mol. The van der Waals surface area contributed by atoms with E-state index in [2.05, 4.69) is 16.9 Å². The summed E-state index contributed by atoms with van der Waals surface area (Å²) >= 11 is 0. The number of nitrogens with two attached hydrogens (primary N) is 1. The molecule has 3 N–H and O–H groups in total. The van der Waals surface area contributed by atoms with Gasteiger partial charge in [-0.3, -0.25) is 10.1 Å². The van der Waals surface area contributed by atoms with Gasteiger partial charge in [-0.25, -0.2) is 9.98 Å². The van der Waals surface area contributed by atoms with Crippen LogP contribution in [0.4, 0.5) is 5.69 Å². The molecule has 1 saturated heterocycles. The Morgan fingerprint density at radius 3 is 2.84 bits per heavy atom. The molecule has 8 heteroatoms. The van der Waals surface area contributed by atoms with Crippen LogP contribution in [0.25, 0.3) is 0 Å². The Balaban J connectivity index is 1.83. The largest absolute Gasteiger partial charge is 0.378 e. The van der Waals surface area contributed by atoms with Crippen molar-refractivity contribution in [1.82, 2.24) is 10.2 Å². The lowest BCUT2D eigenvalue weighted by Gasteiger charge is -2.34. The van der Waals surface area contributed by atoms with Crippen molar-refractivity contribution in [2.75, 3.05) is 37.7 Å². The standard InChI is InChI=1S/C17H20N6O2/c1-2-7-23-13-6-4-3-5-12(13)17(14(23)24)20-15(18)19-16(21-17)22-8-10-25-11-9-22/h2-6H,1,7-11H2,(H3,18,19,20,21)/t17-/m1/s1. The minimum absolute atomic E-state index is 0.181. The second-order valence-corrected chi connectivity index (χ2v) is 6.05. The molecule has 1 atom stereocenters. The molecule has 0 saturated carbocycles. The number of ether oxygens (including phenoxy) is 1. The van der Waals surface area contributed by atoms with Gasteiger partial charge in [-0.1, -0.05) is 24.3 Å². The zero-order chi connectivity index (χ0) is 17.4. The molecule has 1 amide bonds. The van der Waals surface area contributed by atoms with E-state index in [-0.39, 0.29) is 11.9 Å². The number of hydrogen-bond acceptors (Lipinski definition) is 7. The maximum Gasteiger partial charge on any atom is 0.282 e. The average Bonchev–Trinajstić information content (AvgIpc) is 2.85. The third kappa shape index (κ3) is 2.37. The molecule has 0 aromatic heterocycles. The van der Waals surface area contributed by atoms with E-state index in [1.807, 2.05) is 29.2 Å². The quantitative estimate of drug-likeness (QED) is 0.738. The minimum Gasteiger partial charge on any atom is -0.378 e. The Morgan fingerprint density at radius 1 is 1.32 bits per heavy atom. The van der Waals surface area contributed by atoms with Crippen molar-refractivity contribution in [1.29, 1.82) is 0 Å². The van der Waals surface area contributed by atoms with Crippen LogP contribution in [0.15, 0.2) is 46.9 Å². The van der Waals surface area contributed by atoms with E-state index >= 15 is 0 Å². The molecule has 0 unspecified atom stereocenters. The Bertz CT molecular complexity index is 783. The SMILES string of the molecule is C=CCN1C(=O)[C@@]2(N=C(N)NC(N3CCOCC3)=N2)c2ccccc21. The third-order valence-electron chi connectivity index (χ3n) is 4.53. The van der Waals surface area contributed by atoms with Crippen LogP contribution < -0.4 is 16.0 Å². The van der Waals surface area contributed by atoms with E-state index in [1.54, 1.807) is 11.0 Å². The number of nitrogens with zero attached hydrogens (tertiary/aromatic N) is 4. The molecule has 8 nitrogen and oxygen atoms in total. The van der Waals surface area contributed by atoms with Crippen molar-refractivity contribution in [3.05, 3.63) is 42.5 Å². The normalized spacial score (nSPS) is 25.4.